The molecule has 1 unspecified atom stereocenters. The van der Waals surface area contributed by atoms with Crippen molar-refractivity contribution >= 4 is 64.2 Å². The highest BCUT2D eigenvalue weighted by molar-refractivity contribution is 7.47. The Labute approximate surface area is 810 Å². The maximum absolute atomic E-state index is 13.7. The summed E-state index contributed by atoms with van der Waals surface area (Å²) in [6, 6.07) is 6.23. The summed E-state index contributed by atoms with van der Waals surface area (Å²) in [6.07, 6.45) is 34.9. The lowest BCUT2D eigenvalue weighted by atomic mass is 9.82. The van der Waals surface area contributed by atoms with Crippen molar-refractivity contribution in [1.29, 1.82) is 10.5 Å². The Morgan fingerprint density at radius 3 is 0.733 bits per heavy atom. The third-order valence-corrected chi connectivity index (χ3v) is 24.1. The molecule has 0 radical (unpaired) electrons. The van der Waals surface area contributed by atoms with Crippen LogP contribution in [-0.2, 0) is 109 Å². The zero-order valence-corrected chi connectivity index (χ0v) is 84.9. The van der Waals surface area contributed by atoms with Crippen LogP contribution in [0.2, 0.25) is 0 Å². The molecular weight excluding hydrogens is 1780 g/mol. The number of carbonyl (C=O) groups excluding carboxylic acids is 8. The summed E-state index contributed by atoms with van der Waals surface area (Å²) in [6.45, 7) is 35.1. The molecule has 135 heavy (non-hydrogen) atoms. The number of ether oxygens (including phenoxy) is 12. The van der Waals surface area contributed by atoms with E-state index in [0.29, 0.717) is 149 Å². The van der Waals surface area contributed by atoms with E-state index in [1.54, 1.807) is 0 Å². The molecule has 37 nitrogen and oxygen atoms in total. The summed E-state index contributed by atoms with van der Waals surface area (Å²) in [4.78, 5) is 105. The first-order valence-corrected chi connectivity index (χ1v) is 49.2. The fourth-order valence-electron chi connectivity index (χ4n) is 12.8. The lowest BCUT2D eigenvalue weighted by Gasteiger charge is -2.45. The van der Waals surface area contributed by atoms with Crippen LogP contribution in [0.15, 0.2) is 0 Å². The first-order chi connectivity index (χ1) is 65.0. The Bertz CT molecular complexity index is 3160. The number of hydrogen-bond acceptors (Lipinski definition) is 29. The molecular formula is C96H165N13O24P2. The molecule has 0 saturated heterocycles. The number of nitriles is 2. The van der Waals surface area contributed by atoms with Crippen LogP contribution in [0.5, 0.6) is 0 Å². The average Bonchev–Trinajstić information content (AvgIpc) is 0.828. The van der Waals surface area contributed by atoms with Gasteiger partial charge in [0.15, 0.2) is 8.45 Å². The molecule has 9 N–H and O–H groups in total. The van der Waals surface area contributed by atoms with Crippen LogP contribution >= 0.6 is 17.0 Å². The number of hydrogen-bond donors (Lipinski definition) is 9. The van der Waals surface area contributed by atoms with Gasteiger partial charge < -0.3 is 118 Å². The topological polar surface area (TPSA) is 449 Å². The predicted octanol–water partition coefficient (Wildman–Crippen LogP) is 7.07. The molecule has 0 aliphatic heterocycles. The fraction of sp³-hybridized carbons (Fsp3) is 0.771. The van der Waals surface area contributed by atoms with E-state index >= 15 is 0 Å². The maximum Gasteiger partial charge on any atom is 0.259 e. The van der Waals surface area contributed by atoms with Crippen molar-refractivity contribution in [2.45, 2.75) is 259 Å². The highest BCUT2D eigenvalue weighted by atomic mass is 31.2. The lowest BCUT2D eigenvalue weighted by molar-refractivity contribution is -0.127. The van der Waals surface area contributed by atoms with Crippen molar-refractivity contribution in [3.05, 3.63) is 0 Å². The summed E-state index contributed by atoms with van der Waals surface area (Å²) in [5.74, 6) is 12.0. The number of amides is 8. The quantitative estimate of drug-likeness (QED) is 0.0167. The molecule has 768 valence electrons. The number of rotatable bonds is 87. The molecule has 0 bridgehead atoms. The third-order valence-electron chi connectivity index (χ3n) is 19.0. The van der Waals surface area contributed by atoms with Crippen molar-refractivity contribution in [3.8, 4) is 86.2 Å². The van der Waals surface area contributed by atoms with Crippen LogP contribution < -0.4 is 42.5 Å². The summed E-state index contributed by atoms with van der Waals surface area (Å²) in [5.41, 5.74) is -2.15. The Balaban J connectivity index is -0.00000218. The number of unbranched alkanes of at least 4 members (excludes halogenated alkanes) is 2. The zero-order valence-electron chi connectivity index (χ0n) is 83.1. The molecule has 0 spiro atoms. The molecule has 0 aliphatic rings. The second-order valence-corrected chi connectivity index (χ2v) is 35.3. The van der Waals surface area contributed by atoms with E-state index in [-0.39, 0.29) is 287 Å². The van der Waals surface area contributed by atoms with Gasteiger partial charge >= 0.3 is 0 Å². The van der Waals surface area contributed by atoms with Gasteiger partial charge in [-0.05, 0) is 147 Å². The normalized spacial score (nSPS) is 11.5. The molecule has 0 rings (SSSR count). The largest absolute Gasteiger partial charge is 0.396 e. The average molecular weight is 1950 g/mol. The number of nitrogens with zero attached hydrogens (tertiary/aromatic N) is 5. The van der Waals surface area contributed by atoms with Gasteiger partial charge in [0.1, 0.15) is 39.6 Å². The monoisotopic (exact) mass is 1950 g/mol. The van der Waals surface area contributed by atoms with Crippen LogP contribution in [0.25, 0.3) is 0 Å². The molecule has 8 amide bonds. The zero-order chi connectivity index (χ0) is 101. The number of aliphatic hydroxyl groups is 1. The van der Waals surface area contributed by atoms with E-state index in [0.717, 1.165) is 0 Å². The van der Waals surface area contributed by atoms with Gasteiger partial charge in [0.25, 0.3) is 8.53 Å². The maximum atomic E-state index is 13.7. The Morgan fingerprint density at radius 1 is 0.289 bits per heavy atom. The van der Waals surface area contributed by atoms with Gasteiger partial charge in [-0.25, -0.2) is 14.0 Å². The molecule has 1 atom stereocenters. The standard InChI is InChI=1S/C45H75N6O12P.C36H58N4O11.C15H32N3OP/c1-8-25-56-33-36-59-30-22-47-41(52)15-18-45(19-16-42(53)48-23-31-60-37-34-57-26-9-2,20-17-43(54)49-24-32-61-38-35-58-27-10-3)50-44(55)14-11-12-28-62-64(63-29-13-21-46)51(39(4)5)40(6)7;1-4-20-46-26-29-49-23-16-37-32(42)10-13-36(40-35(45)9-7-8-19-41,14-11-33(43)38-17-24-50-30-27-47-21-5-2)15-12-34(44)39-18-25-51-31-28-48-22-6-3;1-12(2)17(13(3)4)20(19-11-9-10-16)18(14(5)6)15(7)8/h1-3,39-40H,11-20,22-38H2,4-7H3,(H,47,52)(H,48,53)(H,49,54)(H,50,55);1-3,41H,7-31H2,(H,37,42)(H,38,43)(H,39,44)(H,40,45);12-15H,9,11H2,1-8H3. The molecule has 0 heterocycles. The molecule has 0 aromatic rings. The van der Waals surface area contributed by atoms with Crippen molar-refractivity contribution in [2.24, 2.45) is 0 Å². The summed E-state index contributed by atoms with van der Waals surface area (Å²) in [5, 5.41) is 50.0. The van der Waals surface area contributed by atoms with E-state index in [2.05, 4.69) is 187 Å². The molecule has 0 aromatic heterocycles. The SMILES string of the molecule is C#CCOCCOCCNC(=O)CCC(CCC(=O)NCCOCCOCC#C)(CCC(=O)NCCOCCOCC#C)NC(=O)CCCCO.C#CCOCCOCCNC(=O)CCC(CCC(=O)NCCOCCOCC#C)(CCC(=O)NCCOCCOCC#C)NC(=O)CCCCOP(OCCC#N)N(C(C)C)C(C)C.CC(C)N(C(C)C)P(OCCC#N)N(C(C)C)C(C)C. The number of carbonyl (C=O) groups is 8. The number of terminal acetylenes is 6. The van der Waals surface area contributed by atoms with Crippen LogP contribution in [0.3, 0.4) is 0 Å². The van der Waals surface area contributed by atoms with Gasteiger partial charge in [-0.15, -0.1) is 38.5 Å². The predicted molar refractivity (Wildman–Crippen MR) is 521 cm³/mol. The van der Waals surface area contributed by atoms with Gasteiger partial charge in [0, 0.05) is 145 Å². The summed E-state index contributed by atoms with van der Waals surface area (Å²) < 4.78 is 89.1. The third kappa shape index (κ3) is 78.8. The number of nitrogens with one attached hydrogen (secondary N) is 8. The second kappa shape index (κ2) is 92.5. The highest BCUT2D eigenvalue weighted by Gasteiger charge is 2.38. The van der Waals surface area contributed by atoms with Gasteiger partial charge in [0.2, 0.25) is 47.3 Å². The molecule has 0 aliphatic carbocycles. The summed E-state index contributed by atoms with van der Waals surface area (Å²) >= 11 is 0. The Hall–Kier alpha value is -7.80. The van der Waals surface area contributed by atoms with Crippen LogP contribution in [0.1, 0.15) is 212 Å². The van der Waals surface area contributed by atoms with E-state index in [1.807, 2.05) is 0 Å². The van der Waals surface area contributed by atoms with E-state index in [9.17, 15) is 43.5 Å². The van der Waals surface area contributed by atoms with Crippen molar-refractivity contribution in [1.82, 2.24) is 56.5 Å². The van der Waals surface area contributed by atoms with Crippen molar-refractivity contribution < 1.29 is 114 Å². The minimum absolute atomic E-state index is 0.00532. The van der Waals surface area contributed by atoms with Gasteiger partial charge in [-0.3, -0.25) is 38.4 Å². The van der Waals surface area contributed by atoms with Crippen LogP contribution in [0, 0.1) is 96.7 Å². The first kappa shape index (κ1) is 131. The molecule has 39 heteroatoms. The minimum Gasteiger partial charge on any atom is -0.396 e. The van der Waals surface area contributed by atoms with Crippen LogP contribution in [-0.4, -0.2) is 338 Å². The van der Waals surface area contributed by atoms with E-state index in [4.69, 9.17) is 119 Å². The van der Waals surface area contributed by atoms with Crippen LogP contribution in [0.4, 0.5) is 0 Å². The van der Waals surface area contributed by atoms with Crippen molar-refractivity contribution in [3.63, 3.8) is 0 Å². The molecule has 0 saturated carbocycles. The minimum atomic E-state index is -1.43. The first-order valence-electron chi connectivity index (χ1n) is 46.9. The van der Waals surface area contributed by atoms with E-state index < -0.39 is 28.1 Å². The summed E-state index contributed by atoms with van der Waals surface area (Å²) in [7, 11) is -2.27. The Morgan fingerprint density at radius 2 is 0.511 bits per heavy atom. The highest BCUT2D eigenvalue weighted by Crippen LogP contribution is 2.51. The van der Waals surface area contributed by atoms with E-state index in [1.165, 1.54) is 0 Å². The molecule has 0 fully saturated rings. The van der Waals surface area contributed by atoms with Gasteiger partial charge in [0.05, 0.1) is 164 Å². The lowest BCUT2D eigenvalue weighted by Crippen LogP contribution is -2.50. The smallest absolute Gasteiger partial charge is 0.259 e. The van der Waals surface area contributed by atoms with Gasteiger partial charge in [-0.2, -0.15) is 10.5 Å². The second-order valence-electron chi connectivity index (χ2n) is 32.1. The number of aliphatic hydroxyl groups excluding tert-OH is 1. The van der Waals surface area contributed by atoms with Gasteiger partial charge in [-0.1, -0.05) is 35.5 Å². The van der Waals surface area contributed by atoms with Crippen molar-refractivity contribution in [2.75, 3.05) is 224 Å². The molecule has 0 aromatic carbocycles. The Kier molecular flexibility index (Phi) is 90.0. The fourth-order valence-corrected chi connectivity index (χ4v) is 16.8.